The summed E-state index contributed by atoms with van der Waals surface area (Å²) in [5, 5.41) is 2.88. The van der Waals surface area contributed by atoms with Crippen LogP contribution in [0.5, 0.6) is 0 Å². The van der Waals surface area contributed by atoms with Gasteiger partial charge in [-0.15, -0.1) is 0 Å². The molecule has 1 N–H and O–H groups in total. The molecule has 0 aliphatic carbocycles. The number of carbonyl (C=O) groups is 1. The third kappa shape index (κ3) is 5.43. The summed E-state index contributed by atoms with van der Waals surface area (Å²) in [6.45, 7) is 16.0. The van der Waals surface area contributed by atoms with Crippen LogP contribution in [-0.2, 0) is 14.0 Å². The number of hydrogen-bond acceptors (Lipinski definition) is 7. The van der Waals surface area contributed by atoms with E-state index in [1.165, 1.54) is 0 Å². The fraction of sp³-hybridized carbons (Fsp3) is 0.762. The number of rotatable bonds is 4. The zero-order valence-corrected chi connectivity index (χ0v) is 19.3. The van der Waals surface area contributed by atoms with Crippen LogP contribution in [0.1, 0.15) is 61.3 Å². The summed E-state index contributed by atoms with van der Waals surface area (Å²) in [6, 6.07) is 0. The maximum Gasteiger partial charge on any atom is 0.498 e. The molecule has 0 radical (unpaired) electrons. The van der Waals surface area contributed by atoms with Gasteiger partial charge in [0.2, 0.25) is 5.95 Å². The molecule has 9 heteroatoms. The summed E-state index contributed by atoms with van der Waals surface area (Å²) in [7, 11) is -0.462. The van der Waals surface area contributed by atoms with Gasteiger partial charge in [0.1, 0.15) is 5.60 Å². The van der Waals surface area contributed by atoms with Gasteiger partial charge in [0.05, 0.1) is 11.2 Å². The third-order valence-electron chi connectivity index (χ3n) is 5.92. The average molecular weight is 418 g/mol. The first-order valence-corrected chi connectivity index (χ1v) is 10.8. The topological polar surface area (TPSA) is 85.8 Å². The van der Waals surface area contributed by atoms with Crippen molar-refractivity contribution in [1.29, 1.82) is 0 Å². The summed E-state index contributed by atoms with van der Waals surface area (Å²) in [5.41, 5.74) is -0.456. The average Bonchev–Trinajstić information content (AvgIpc) is 2.86. The van der Waals surface area contributed by atoms with Crippen molar-refractivity contribution in [2.75, 3.05) is 24.5 Å². The minimum absolute atomic E-state index is 0.331. The number of ether oxygens (including phenoxy) is 1. The van der Waals surface area contributed by atoms with E-state index in [2.05, 4.69) is 20.2 Å². The lowest BCUT2D eigenvalue weighted by atomic mass is 9.81. The molecule has 0 bridgehead atoms. The molecule has 2 fully saturated rings. The molecule has 30 heavy (non-hydrogen) atoms. The van der Waals surface area contributed by atoms with Crippen molar-refractivity contribution >= 4 is 24.6 Å². The highest BCUT2D eigenvalue weighted by molar-refractivity contribution is 6.61. The SMILES string of the molecule is CC(C)(C)OC(=O)NC[C@H]1CCCN(c2ncc(B3OC(C)(C)C(C)(C)O3)cn2)C1. The highest BCUT2D eigenvalue weighted by Gasteiger charge is 2.52. The number of nitrogens with zero attached hydrogens (tertiary/aromatic N) is 3. The Bertz CT molecular complexity index is 732. The molecule has 1 aromatic rings. The van der Waals surface area contributed by atoms with Gasteiger partial charge in [0, 0.05) is 37.5 Å². The molecule has 0 unspecified atom stereocenters. The summed E-state index contributed by atoms with van der Waals surface area (Å²) in [6.07, 6.45) is 5.28. The largest absolute Gasteiger partial charge is 0.498 e. The van der Waals surface area contributed by atoms with E-state index in [0.29, 0.717) is 18.4 Å². The Hall–Kier alpha value is -1.87. The fourth-order valence-electron chi connectivity index (χ4n) is 3.55. The molecular formula is C21H35BN4O4. The Morgan fingerprint density at radius 1 is 1.23 bits per heavy atom. The van der Waals surface area contributed by atoms with Gasteiger partial charge < -0.3 is 24.3 Å². The van der Waals surface area contributed by atoms with Gasteiger partial charge in [0.15, 0.2) is 0 Å². The summed E-state index contributed by atoms with van der Waals surface area (Å²) in [5.74, 6) is 1.02. The van der Waals surface area contributed by atoms with E-state index in [1.54, 1.807) is 12.4 Å². The van der Waals surface area contributed by atoms with Crippen molar-refractivity contribution in [3.05, 3.63) is 12.4 Å². The zero-order valence-electron chi connectivity index (χ0n) is 19.3. The van der Waals surface area contributed by atoms with Gasteiger partial charge in [-0.3, -0.25) is 0 Å². The van der Waals surface area contributed by atoms with Gasteiger partial charge >= 0.3 is 13.2 Å². The van der Waals surface area contributed by atoms with Crippen LogP contribution >= 0.6 is 0 Å². The van der Waals surface area contributed by atoms with E-state index in [0.717, 1.165) is 31.4 Å². The van der Waals surface area contributed by atoms with Gasteiger partial charge in [-0.05, 0) is 67.2 Å². The highest BCUT2D eigenvalue weighted by Crippen LogP contribution is 2.36. The van der Waals surface area contributed by atoms with Crippen LogP contribution < -0.4 is 15.7 Å². The summed E-state index contributed by atoms with van der Waals surface area (Å²) < 4.78 is 17.5. The monoisotopic (exact) mass is 418 g/mol. The number of nitrogens with one attached hydrogen (secondary N) is 1. The number of carbonyl (C=O) groups excluding carboxylic acids is 1. The number of amides is 1. The maximum atomic E-state index is 11.9. The van der Waals surface area contributed by atoms with E-state index < -0.39 is 23.9 Å². The Kier molecular flexibility index (Phi) is 6.34. The highest BCUT2D eigenvalue weighted by atomic mass is 16.7. The molecule has 2 aliphatic rings. The number of alkyl carbamates (subject to hydrolysis) is 1. The van der Waals surface area contributed by atoms with Crippen molar-refractivity contribution in [1.82, 2.24) is 15.3 Å². The van der Waals surface area contributed by atoms with E-state index in [4.69, 9.17) is 14.0 Å². The molecule has 1 amide bonds. The standard InChI is InChI=1S/C21H35BN4O4/c1-19(2,3)28-18(27)25-11-15-9-8-10-26(14-15)17-23-12-16(13-24-17)22-29-20(4,5)21(6,7)30-22/h12-13,15H,8-11,14H2,1-7H3,(H,25,27)/t15-/m1/s1. The Labute approximate surface area is 180 Å². The molecule has 0 aromatic carbocycles. The maximum absolute atomic E-state index is 11.9. The molecule has 0 saturated carbocycles. The van der Waals surface area contributed by atoms with E-state index in [-0.39, 0.29) is 6.09 Å². The molecule has 2 aliphatic heterocycles. The minimum atomic E-state index is -0.491. The van der Waals surface area contributed by atoms with E-state index in [1.807, 2.05) is 48.5 Å². The van der Waals surface area contributed by atoms with Crippen LogP contribution in [-0.4, -0.2) is 59.6 Å². The second-order valence-corrected chi connectivity index (χ2v) is 10.2. The molecule has 0 spiro atoms. The van der Waals surface area contributed by atoms with Crippen LogP contribution in [0.25, 0.3) is 0 Å². The van der Waals surface area contributed by atoms with Crippen LogP contribution in [0.2, 0.25) is 0 Å². The Morgan fingerprint density at radius 3 is 2.40 bits per heavy atom. The lowest BCUT2D eigenvalue weighted by Gasteiger charge is -2.33. The zero-order chi connectivity index (χ0) is 22.2. The molecular weight excluding hydrogens is 383 g/mol. The van der Waals surface area contributed by atoms with Crippen LogP contribution in [0.4, 0.5) is 10.7 Å². The van der Waals surface area contributed by atoms with Crippen molar-refractivity contribution in [3.63, 3.8) is 0 Å². The molecule has 3 rings (SSSR count). The molecule has 1 atom stereocenters. The predicted molar refractivity (Wildman–Crippen MR) is 117 cm³/mol. The van der Waals surface area contributed by atoms with Crippen molar-refractivity contribution in [2.45, 2.75) is 78.1 Å². The molecule has 3 heterocycles. The van der Waals surface area contributed by atoms with Crippen LogP contribution in [0.15, 0.2) is 12.4 Å². The van der Waals surface area contributed by atoms with Gasteiger partial charge in [-0.1, -0.05) is 0 Å². The predicted octanol–water partition coefficient (Wildman–Crippen LogP) is 2.52. The summed E-state index contributed by atoms with van der Waals surface area (Å²) in [4.78, 5) is 23.2. The third-order valence-corrected chi connectivity index (χ3v) is 5.92. The van der Waals surface area contributed by atoms with E-state index >= 15 is 0 Å². The number of anilines is 1. The normalized spacial score (nSPS) is 23.4. The molecule has 1 aromatic heterocycles. The molecule has 166 valence electrons. The lowest BCUT2D eigenvalue weighted by molar-refractivity contribution is 0.00578. The fourth-order valence-corrected chi connectivity index (χ4v) is 3.55. The Morgan fingerprint density at radius 2 is 1.83 bits per heavy atom. The number of aromatic nitrogens is 2. The first-order valence-electron chi connectivity index (χ1n) is 10.8. The smallest absolute Gasteiger partial charge is 0.444 e. The molecule has 8 nitrogen and oxygen atoms in total. The van der Waals surface area contributed by atoms with Crippen molar-refractivity contribution < 1.29 is 18.8 Å². The lowest BCUT2D eigenvalue weighted by Crippen LogP contribution is -2.43. The second-order valence-electron chi connectivity index (χ2n) is 10.2. The number of hydrogen-bond donors (Lipinski definition) is 1. The van der Waals surface area contributed by atoms with Gasteiger partial charge in [0.25, 0.3) is 0 Å². The van der Waals surface area contributed by atoms with Gasteiger partial charge in [-0.25, -0.2) is 14.8 Å². The second kappa shape index (κ2) is 8.34. The van der Waals surface area contributed by atoms with E-state index in [9.17, 15) is 4.79 Å². The van der Waals surface area contributed by atoms with Gasteiger partial charge in [-0.2, -0.15) is 0 Å². The van der Waals surface area contributed by atoms with Crippen LogP contribution in [0, 0.1) is 5.92 Å². The Balaban J connectivity index is 1.56. The first kappa shape index (κ1) is 22.8. The van der Waals surface area contributed by atoms with Crippen molar-refractivity contribution in [2.24, 2.45) is 5.92 Å². The van der Waals surface area contributed by atoms with Crippen molar-refractivity contribution in [3.8, 4) is 0 Å². The first-order chi connectivity index (χ1) is 13.9. The molecule has 2 saturated heterocycles. The number of piperidine rings is 1. The quantitative estimate of drug-likeness (QED) is 0.752. The van der Waals surface area contributed by atoms with Crippen LogP contribution in [0.3, 0.4) is 0 Å². The summed E-state index contributed by atoms with van der Waals surface area (Å²) >= 11 is 0. The minimum Gasteiger partial charge on any atom is -0.444 e.